The molecule has 0 bridgehead atoms. The van der Waals surface area contributed by atoms with E-state index in [1.807, 2.05) is 19.1 Å². The van der Waals surface area contributed by atoms with Crippen LogP contribution in [0.5, 0.6) is 0 Å². The normalized spacial score (nSPS) is 14.2. The van der Waals surface area contributed by atoms with E-state index in [4.69, 9.17) is 13.0 Å². The fraction of sp³-hybridized carbons (Fsp3) is 0.524. The first-order chi connectivity index (χ1) is 12.9. The molecule has 0 saturated heterocycles. The molecule has 0 radical (unpaired) electrons. The molecule has 2 aromatic rings. The molecule has 5 nitrogen and oxygen atoms in total. The van der Waals surface area contributed by atoms with Gasteiger partial charge in [0.2, 0.25) is 0 Å². The van der Waals surface area contributed by atoms with Crippen molar-refractivity contribution in [2.75, 3.05) is 6.61 Å². The van der Waals surface area contributed by atoms with Gasteiger partial charge in [-0.1, -0.05) is 38.5 Å². The molecule has 0 fully saturated rings. The minimum absolute atomic E-state index is 0.0725. The smallest absolute Gasteiger partial charge is 0.296 e. The summed E-state index contributed by atoms with van der Waals surface area (Å²) in [6.07, 6.45) is 2.60. The van der Waals surface area contributed by atoms with Gasteiger partial charge in [-0.25, -0.2) is 0 Å². The van der Waals surface area contributed by atoms with Gasteiger partial charge in [0.1, 0.15) is 11.9 Å². The van der Waals surface area contributed by atoms with Gasteiger partial charge in [0, 0.05) is 0 Å². The fourth-order valence-electron chi connectivity index (χ4n) is 2.48. The Morgan fingerprint density at radius 1 is 1.11 bits per heavy atom. The summed E-state index contributed by atoms with van der Waals surface area (Å²) >= 11 is 0. The van der Waals surface area contributed by atoms with Gasteiger partial charge in [-0.2, -0.15) is 8.42 Å². The van der Waals surface area contributed by atoms with Crippen LogP contribution in [-0.4, -0.2) is 23.3 Å². The summed E-state index contributed by atoms with van der Waals surface area (Å²) in [6, 6.07) is 10.4. The fourth-order valence-corrected chi connectivity index (χ4v) is 4.72. The number of hydrogen-bond donors (Lipinski definition) is 0. The lowest BCUT2D eigenvalue weighted by Gasteiger charge is -2.38. The van der Waals surface area contributed by atoms with Crippen LogP contribution in [-0.2, 0) is 18.7 Å². The zero-order chi connectivity index (χ0) is 21.0. The molecule has 156 valence electrons. The Bertz CT molecular complexity index is 834. The molecule has 2 rings (SSSR count). The van der Waals surface area contributed by atoms with Crippen LogP contribution >= 0.6 is 0 Å². The van der Waals surface area contributed by atoms with Crippen molar-refractivity contribution in [2.24, 2.45) is 0 Å². The standard InChI is InChI=1S/C21H32O5SSi/c1-17-11-13-18(14-12-17)27(22,23)25-16-8-10-20(19-9-7-15-24-19)26-28(5,6)21(2,3)4/h7,9,11-15,20H,8,10,16H2,1-6H3. The number of rotatable bonds is 9. The van der Waals surface area contributed by atoms with Crippen molar-refractivity contribution in [3.05, 3.63) is 54.0 Å². The summed E-state index contributed by atoms with van der Waals surface area (Å²) in [5.74, 6) is 0.770. The molecule has 7 heteroatoms. The monoisotopic (exact) mass is 424 g/mol. The summed E-state index contributed by atoms with van der Waals surface area (Å²) in [7, 11) is -5.74. The maximum atomic E-state index is 12.3. The van der Waals surface area contributed by atoms with Crippen LogP contribution in [0.2, 0.25) is 18.1 Å². The van der Waals surface area contributed by atoms with Gasteiger partial charge in [-0.05, 0) is 62.2 Å². The molecule has 1 heterocycles. The largest absolute Gasteiger partial charge is 0.467 e. The van der Waals surface area contributed by atoms with E-state index in [0.717, 1.165) is 11.3 Å². The summed E-state index contributed by atoms with van der Waals surface area (Å²) in [6.45, 7) is 13.0. The van der Waals surface area contributed by atoms with E-state index in [9.17, 15) is 8.42 Å². The lowest BCUT2D eigenvalue weighted by Crippen LogP contribution is -2.41. The average Bonchev–Trinajstić information content (AvgIpc) is 3.11. The molecule has 1 aromatic heterocycles. The molecule has 0 saturated carbocycles. The highest BCUT2D eigenvalue weighted by molar-refractivity contribution is 7.86. The third-order valence-electron chi connectivity index (χ3n) is 5.26. The maximum absolute atomic E-state index is 12.3. The van der Waals surface area contributed by atoms with Gasteiger partial charge in [-0.3, -0.25) is 4.18 Å². The predicted molar refractivity (Wildman–Crippen MR) is 113 cm³/mol. The minimum atomic E-state index is -3.74. The first kappa shape index (κ1) is 22.9. The first-order valence-electron chi connectivity index (χ1n) is 9.60. The van der Waals surface area contributed by atoms with Gasteiger partial charge in [0.05, 0.1) is 17.8 Å². The molecule has 0 amide bonds. The third-order valence-corrected chi connectivity index (χ3v) is 11.1. The maximum Gasteiger partial charge on any atom is 0.296 e. The second-order valence-corrected chi connectivity index (χ2v) is 15.0. The molecular formula is C21H32O5SSi. The van der Waals surface area contributed by atoms with Gasteiger partial charge in [-0.15, -0.1) is 0 Å². The quantitative estimate of drug-likeness (QED) is 0.287. The minimum Gasteiger partial charge on any atom is -0.467 e. The molecule has 0 aliphatic rings. The molecule has 1 unspecified atom stereocenters. The van der Waals surface area contributed by atoms with Crippen molar-refractivity contribution in [1.82, 2.24) is 0 Å². The van der Waals surface area contributed by atoms with Gasteiger partial charge in [0.15, 0.2) is 8.32 Å². The van der Waals surface area contributed by atoms with Crippen molar-refractivity contribution in [1.29, 1.82) is 0 Å². The number of aryl methyl sites for hydroxylation is 1. The lowest BCUT2D eigenvalue weighted by molar-refractivity contribution is 0.138. The molecule has 0 aliphatic heterocycles. The summed E-state index contributed by atoms with van der Waals surface area (Å²) < 4.78 is 41.9. The molecule has 28 heavy (non-hydrogen) atoms. The summed E-state index contributed by atoms with van der Waals surface area (Å²) in [5.41, 5.74) is 1.00. The number of hydrogen-bond acceptors (Lipinski definition) is 5. The van der Waals surface area contributed by atoms with Crippen LogP contribution in [0.3, 0.4) is 0 Å². The lowest BCUT2D eigenvalue weighted by atomic mass is 10.1. The second kappa shape index (κ2) is 8.94. The SMILES string of the molecule is Cc1ccc(S(=O)(=O)OCCCC(O[Si](C)(C)C(C)(C)C)c2ccco2)cc1. The Labute approximate surface area is 170 Å². The average molecular weight is 425 g/mol. The molecule has 0 N–H and O–H groups in total. The van der Waals surface area contributed by atoms with E-state index in [1.54, 1.807) is 30.5 Å². The van der Waals surface area contributed by atoms with Crippen LogP contribution in [0.25, 0.3) is 0 Å². The van der Waals surface area contributed by atoms with Crippen molar-refractivity contribution in [3.63, 3.8) is 0 Å². The van der Waals surface area contributed by atoms with E-state index in [1.165, 1.54) is 0 Å². The zero-order valence-electron chi connectivity index (χ0n) is 17.7. The van der Waals surface area contributed by atoms with Gasteiger partial charge >= 0.3 is 0 Å². The molecule has 1 aromatic carbocycles. The third kappa shape index (κ3) is 6.04. The Morgan fingerprint density at radius 2 is 1.75 bits per heavy atom. The first-order valence-corrected chi connectivity index (χ1v) is 13.9. The highest BCUT2D eigenvalue weighted by Gasteiger charge is 2.39. The number of furan rings is 1. The van der Waals surface area contributed by atoms with Crippen LogP contribution in [0.15, 0.2) is 52.0 Å². The molecule has 0 aliphatic carbocycles. The Kier molecular flexibility index (Phi) is 7.31. The van der Waals surface area contributed by atoms with Crippen molar-refractivity contribution in [3.8, 4) is 0 Å². The summed E-state index contributed by atoms with van der Waals surface area (Å²) in [5, 5.41) is 0.0725. The Hall–Kier alpha value is -1.41. The van der Waals surface area contributed by atoms with E-state index < -0.39 is 18.4 Å². The van der Waals surface area contributed by atoms with Crippen LogP contribution < -0.4 is 0 Å². The molecule has 0 spiro atoms. The Morgan fingerprint density at radius 3 is 2.29 bits per heavy atom. The van der Waals surface area contributed by atoms with E-state index in [-0.39, 0.29) is 22.6 Å². The van der Waals surface area contributed by atoms with Crippen molar-refractivity contribution < 1.29 is 21.4 Å². The van der Waals surface area contributed by atoms with Crippen LogP contribution in [0, 0.1) is 6.92 Å². The van der Waals surface area contributed by atoms with Gasteiger partial charge in [0.25, 0.3) is 10.1 Å². The van der Waals surface area contributed by atoms with Crippen molar-refractivity contribution >= 4 is 18.4 Å². The molecule has 1 atom stereocenters. The highest BCUT2D eigenvalue weighted by Crippen LogP contribution is 2.40. The van der Waals surface area contributed by atoms with E-state index >= 15 is 0 Å². The highest BCUT2D eigenvalue weighted by atomic mass is 32.2. The zero-order valence-corrected chi connectivity index (χ0v) is 19.5. The summed E-state index contributed by atoms with van der Waals surface area (Å²) in [4.78, 5) is 0.179. The Balaban J connectivity index is 1.98. The van der Waals surface area contributed by atoms with E-state index in [0.29, 0.717) is 12.8 Å². The van der Waals surface area contributed by atoms with E-state index in [2.05, 4.69) is 33.9 Å². The number of benzene rings is 1. The topological polar surface area (TPSA) is 65.7 Å². The predicted octanol–water partition coefficient (Wildman–Crippen LogP) is 5.84. The second-order valence-electron chi connectivity index (χ2n) is 8.61. The molecular weight excluding hydrogens is 392 g/mol. The van der Waals surface area contributed by atoms with Crippen LogP contribution in [0.1, 0.15) is 51.0 Å². The van der Waals surface area contributed by atoms with Crippen molar-refractivity contribution in [2.45, 2.75) is 69.7 Å². The van der Waals surface area contributed by atoms with Gasteiger partial charge < -0.3 is 8.84 Å². The van der Waals surface area contributed by atoms with Crippen LogP contribution in [0.4, 0.5) is 0 Å².